The lowest BCUT2D eigenvalue weighted by Gasteiger charge is -2.15. The minimum Gasteiger partial charge on any atom is -0.383 e. The number of halogens is 1. The molecule has 6 nitrogen and oxygen atoms in total. The molecule has 0 heterocycles. The molecule has 1 aliphatic rings. The van der Waals surface area contributed by atoms with Crippen molar-refractivity contribution in [3.63, 3.8) is 0 Å². The molecular formula is C17H26ClN3O3. The Bertz CT molecular complexity index is 532. The lowest BCUT2D eigenvalue weighted by Crippen LogP contribution is -2.36. The van der Waals surface area contributed by atoms with E-state index in [1.165, 1.54) is 0 Å². The van der Waals surface area contributed by atoms with Crippen LogP contribution in [0.5, 0.6) is 0 Å². The van der Waals surface area contributed by atoms with Crippen LogP contribution in [0.4, 0.5) is 5.69 Å². The van der Waals surface area contributed by atoms with Gasteiger partial charge in [0.05, 0.1) is 19.2 Å². The highest BCUT2D eigenvalue weighted by Gasteiger charge is 2.29. The maximum Gasteiger partial charge on any atom is 0.234 e. The number of rotatable bonds is 9. The van der Waals surface area contributed by atoms with E-state index >= 15 is 0 Å². The van der Waals surface area contributed by atoms with E-state index in [2.05, 4.69) is 16.0 Å². The molecule has 1 aromatic rings. The van der Waals surface area contributed by atoms with Gasteiger partial charge in [0.2, 0.25) is 11.8 Å². The van der Waals surface area contributed by atoms with Crippen molar-refractivity contribution >= 4 is 29.9 Å². The molecule has 0 aliphatic heterocycles. The quantitative estimate of drug-likeness (QED) is 0.591. The number of methoxy groups -OCH3 is 1. The van der Waals surface area contributed by atoms with E-state index in [-0.39, 0.29) is 42.7 Å². The van der Waals surface area contributed by atoms with Crippen molar-refractivity contribution in [3.05, 3.63) is 29.8 Å². The van der Waals surface area contributed by atoms with Gasteiger partial charge in [0, 0.05) is 25.3 Å². The Morgan fingerprint density at radius 1 is 1.25 bits per heavy atom. The smallest absolute Gasteiger partial charge is 0.234 e. The lowest BCUT2D eigenvalue weighted by atomic mass is 10.1. The number of carbonyl (C=O) groups is 2. The van der Waals surface area contributed by atoms with E-state index in [1.807, 2.05) is 31.2 Å². The van der Waals surface area contributed by atoms with Gasteiger partial charge in [-0.15, -0.1) is 12.4 Å². The standard InChI is InChI=1S/C17H25N3O3.ClH/c1-12(19-16(21)11-18-9-10-23-2)13-5-7-15(8-6-13)20-17(22)14-3-4-14;/h5-8,12,14,18H,3-4,9-11H2,1-2H3,(H,19,21)(H,20,22);1H. The van der Waals surface area contributed by atoms with Gasteiger partial charge in [-0.3, -0.25) is 9.59 Å². The zero-order valence-electron chi connectivity index (χ0n) is 14.1. The molecule has 2 rings (SSSR count). The van der Waals surface area contributed by atoms with E-state index in [9.17, 15) is 9.59 Å². The number of hydrogen-bond acceptors (Lipinski definition) is 4. The Morgan fingerprint density at radius 3 is 2.50 bits per heavy atom. The average Bonchev–Trinajstić information content (AvgIpc) is 3.37. The van der Waals surface area contributed by atoms with Crippen LogP contribution in [-0.2, 0) is 14.3 Å². The summed E-state index contributed by atoms with van der Waals surface area (Å²) in [6.07, 6.45) is 1.98. The van der Waals surface area contributed by atoms with Crippen LogP contribution in [0.1, 0.15) is 31.4 Å². The van der Waals surface area contributed by atoms with Crippen LogP contribution in [0, 0.1) is 5.92 Å². The summed E-state index contributed by atoms with van der Waals surface area (Å²) in [7, 11) is 1.63. The molecule has 2 amide bonds. The van der Waals surface area contributed by atoms with Crippen molar-refractivity contribution < 1.29 is 14.3 Å². The molecule has 0 radical (unpaired) electrons. The van der Waals surface area contributed by atoms with Gasteiger partial charge < -0.3 is 20.7 Å². The normalized spacial score (nSPS) is 14.4. The van der Waals surface area contributed by atoms with Crippen LogP contribution in [-0.4, -0.2) is 38.6 Å². The van der Waals surface area contributed by atoms with E-state index in [1.54, 1.807) is 7.11 Å². The van der Waals surface area contributed by atoms with Gasteiger partial charge in [-0.25, -0.2) is 0 Å². The topological polar surface area (TPSA) is 79.5 Å². The molecular weight excluding hydrogens is 330 g/mol. The molecule has 0 aromatic heterocycles. The number of benzene rings is 1. The summed E-state index contributed by atoms with van der Waals surface area (Å²) in [4.78, 5) is 23.5. The van der Waals surface area contributed by atoms with Crippen LogP contribution in [0.15, 0.2) is 24.3 Å². The first-order chi connectivity index (χ1) is 11.1. The Labute approximate surface area is 149 Å². The number of nitrogens with one attached hydrogen (secondary N) is 3. The third-order valence-electron chi connectivity index (χ3n) is 3.77. The molecule has 0 bridgehead atoms. The second-order valence-electron chi connectivity index (χ2n) is 5.84. The molecule has 24 heavy (non-hydrogen) atoms. The summed E-state index contributed by atoms with van der Waals surface area (Å²) in [6.45, 7) is 3.43. The summed E-state index contributed by atoms with van der Waals surface area (Å²) in [5, 5.41) is 8.84. The highest BCUT2D eigenvalue weighted by molar-refractivity contribution is 5.94. The van der Waals surface area contributed by atoms with Crippen molar-refractivity contribution in [2.45, 2.75) is 25.8 Å². The molecule has 3 N–H and O–H groups in total. The maximum absolute atomic E-state index is 11.8. The molecule has 1 unspecified atom stereocenters. The molecule has 134 valence electrons. The second kappa shape index (κ2) is 10.3. The second-order valence-corrected chi connectivity index (χ2v) is 5.84. The van der Waals surface area contributed by atoms with Gasteiger partial charge in [0.15, 0.2) is 0 Å². The van der Waals surface area contributed by atoms with Crippen molar-refractivity contribution in [1.29, 1.82) is 0 Å². The molecule has 1 saturated carbocycles. The Morgan fingerprint density at radius 2 is 1.92 bits per heavy atom. The molecule has 1 atom stereocenters. The number of amides is 2. The summed E-state index contributed by atoms with van der Waals surface area (Å²) >= 11 is 0. The lowest BCUT2D eigenvalue weighted by molar-refractivity contribution is -0.121. The van der Waals surface area contributed by atoms with Crippen molar-refractivity contribution in [1.82, 2.24) is 10.6 Å². The Hall–Kier alpha value is -1.63. The van der Waals surface area contributed by atoms with Gasteiger partial charge in [-0.05, 0) is 37.5 Å². The number of anilines is 1. The van der Waals surface area contributed by atoms with Crippen molar-refractivity contribution in [2.75, 3.05) is 32.1 Å². The van der Waals surface area contributed by atoms with E-state index in [0.717, 1.165) is 24.1 Å². The van der Waals surface area contributed by atoms with Gasteiger partial charge >= 0.3 is 0 Å². The van der Waals surface area contributed by atoms with Crippen LogP contribution < -0.4 is 16.0 Å². The summed E-state index contributed by atoms with van der Waals surface area (Å²) in [5.41, 5.74) is 1.80. The van der Waals surface area contributed by atoms with Crippen LogP contribution in [0.2, 0.25) is 0 Å². The fourth-order valence-corrected chi connectivity index (χ4v) is 2.20. The first-order valence-electron chi connectivity index (χ1n) is 8.00. The fraction of sp³-hybridized carbons (Fsp3) is 0.529. The van der Waals surface area contributed by atoms with E-state index in [0.29, 0.717) is 13.2 Å². The maximum atomic E-state index is 11.8. The summed E-state index contributed by atoms with van der Waals surface area (Å²) in [6, 6.07) is 7.50. The predicted octanol–water partition coefficient (Wildman–Crippen LogP) is 1.87. The molecule has 0 spiro atoms. The van der Waals surface area contributed by atoms with Crippen molar-refractivity contribution in [2.24, 2.45) is 5.92 Å². The number of ether oxygens (including phenoxy) is 1. The van der Waals surface area contributed by atoms with Crippen LogP contribution in [0.3, 0.4) is 0 Å². The van der Waals surface area contributed by atoms with Gasteiger partial charge in [-0.2, -0.15) is 0 Å². The van der Waals surface area contributed by atoms with E-state index in [4.69, 9.17) is 4.74 Å². The zero-order valence-corrected chi connectivity index (χ0v) is 14.9. The first-order valence-corrected chi connectivity index (χ1v) is 8.00. The average molecular weight is 356 g/mol. The third kappa shape index (κ3) is 6.86. The fourth-order valence-electron chi connectivity index (χ4n) is 2.20. The molecule has 1 aliphatic carbocycles. The van der Waals surface area contributed by atoms with E-state index < -0.39 is 0 Å². The molecule has 1 aromatic carbocycles. The van der Waals surface area contributed by atoms with Gasteiger partial charge in [-0.1, -0.05) is 12.1 Å². The van der Waals surface area contributed by atoms with Crippen LogP contribution in [0.25, 0.3) is 0 Å². The van der Waals surface area contributed by atoms with Crippen LogP contribution >= 0.6 is 12.4 Å². The van der Waals surface area contributed by atoms with Gasteiger partial charge in [0.25, 0.3) is 0 Å². The Balaban J connectivity index is 0.00000288. The number of carbonyl (C=O) groups excluding carboxylic acids is 2. The minimum absolute atomic E-state index is 0. The first kappa shape index (κ1) is 20.4. The highest BCUT2D eigenvalue weighted by atomic mass is 35.5. The minimum atomic E-state index is -0.0834. The Kier molecular flexibility index (Phi) is 8.74. The largest absolute Gasteiger partial charge is 0.383 e. The number of hydrogen-bond donors (Lipinski definition) is 3. The SMILES string of the molecule is COCCNCC(=O)NC(C)c1ccc(NC(=O)C2CC2)cc1.Cl. The molecule has 1 fully saturated rings. The molecule has 7 heteroatoms. The van der Waals surface area contributed by atoms with Gasteiger partial charge in [0.1, 0.15) is 0 Å². The summed E-state index contributed by atoms with van der Waals surface area (Å²) in [5.74, 6) is 0.236. The predicted molar refractivity (Wildman–Crippen MR) is 96.3 cm³/mol. The van der Waals surface area contributed by atoms with Crippen molar-refractivity contribution in [3.8, 4) is 0 Å². The third-order valence-corrected chi connectivity index (χ3v) is 3.77. The zero-order chi connectivity index (χ0) is 16.7. The molecule has 0 saturated heterocycles. The highest BCUT2D eigenvalue weighted by Crippen LogP contribution is 2.30. The summed E-state index contributed by atoms with van der Waals surface area (Å²) < 4.78 is 4.91. The monoisotopic (exact) mass is 355 g/mol.